The highest BCUT2D eigenvalue weighted by Crippen LogP contribution is 2.37. The van der Waals surface area contributed by atoms with Crippen molar-refractivity contribution in [3.05, 3.63) is 22.4 Å². The zero-order valence-electron chi connectivity index (χ0n) is 11.0. The molecule has 0 aliphatic heterocycles. The van der Waals surface area contributed by atoms with Crippen molar-refractivity contribution >= 4 is 29.0 Å². The second kappa shape index (κ2) is 5.92. The van der Waals surface area contributed by atoms with Crippen LogP contribution in [0.15, 0.2) is 22.7 Å². The van der Waals surface area contributed by atoms with E-state index in [1.807, 2.05) is 29.1 Å². The summed E-state index contributed by atoms with van der Waals surface area (Å²) in [7, 11) is 0. The summed E-state index contributed by atoms with van der Waals surface area (Å²) in [6.07, 6.45) is 2.25. The van der Waals surface area contributed by atoms with Crippen LogP contribution in [-0.2, 0) is 11.3 Å². The first-order valence-corrected chi connectivity index (χ1v) is 8.24. The van der Waals surface area contributed by atoms with E-state index in [2.05, 4.69) is 20.8 Å². The fraction of sp³-hybridized carbons (Fsp3) is 0.500. The Bertz CT molecular complexity index is 578. The van der Waals surface area contributed by atoms with Gasteiger partial charge >= 0.3 is 0 Å². The van der Waals surface area contributed by atoms with E-state index in [0.29, 0.717) is 12.6 Å². The van der Waals surface area contributed by atoms with Gasteiger partial charge in [-0.3, -0.25) is 4.79 Å². The summed E-state index contributed by atoms with van der Waals surface area (Å²) < 4.78 is 1.83. The predicted molar refractivity (Wildman–Crippen MR) is 77.6 cm³/mol. The monoisotopic (exact) mass is 309 g/mol. The van der Waals surface area contributed by atoms with Crippen LogP contribution < -0.4 is 5.32 Å². The van der Waals surface area contributed by atoms with E-state index in [1.54, 1.807) is 11.3 Å². The zero-order valence-corrected chi connectivity index (χ0v) is 12.7. The fourth-order valence-corrected chi connectivity index (χ4v) is 3.28. The molecule has 1 N–H and O–H groups in total. The molecule has 0 aromatic carbocycles. The molecule has 2 heterocycles. The quantitative estimate of drug-likeness (QED) is 0.825. The number of aromatic nitrogens is 4. The molecule has 2 aromatic heterocycles. The molecule has 1 aliphatic rings. The molecule has 1 aliphatic carbocycles. The van der Waals surface area contributed by atoms with E-state index in [0.717, 1.165) is 22.9 Å². The number of hydrogen-bond donors (Lipinski definition) is 1. The minimum atomic E-state index is -0.210. The van der Waals surface area contributed by atoms with Crippen molar-refractivity contribution < 1.29 is 4.79 Å². The Morgan fingerprint density at radius 1 is 1.65 bits per heavy atom. The van der Waals surface area contributed by atoms with Crippen LogP contribution in [0.2, 0.25) is 0 Å². The summed E-state index contributed by atoms with van der Waals surface area (Å²) in [5.41, 5.74) is 0. The van der Waals surface area contributed by atoms with E-state index < -0.39 is 0 Å². The summed E-state index contributed by atoms with van der Waals surface area (Å²) >= 11 is 3.05. The van der Waals surface area contributed by atoms with Crippen molar-refractivity contribution in [2.24, 2.45) is 0 Å². The summed E-state index contributed by atoms with van der Waals surface area (Å²) in [5.74, 6) is 0.00810. The van der Waals surface area contributed by atoms with Gasteiger partial charge in [0.1, 0.15) is 0 Å². The first-order valence-electron chi connectivity index (χ1n) is 6.48. The first-order chi connectivity index (χ1) is 9.74. The highest BCUT2D eigenvalue weighted by Gasteiger charge is 2.29. The van der Waals surface area contributed by atoms with Crippen molar-refractivity contribution in [2.75, 3.05) is 0 Å². The Morgan fingerprint density at radius 2 is 2.50 bits per heavy atom. The van der Waals surface area contributed by atoms with Crippen molar-refractivity contribution in [1.82, 2.24) is 25.5 Å². The lowest BCUT2D eigenvalue weighted by Crippen LogP contribution is -2.30. The van der Waals surface area contributed by atoms with Gasteiger partial charge in [0.2, 0.25) is 11.1 Å². The average molecular weight is 309 g/mol. The average Bonchev–Trinajstić information content (AvgIpc) is 2.97. The third-order valence-corrected chi connectivity index (χ3v) is 4.95. The molecule has 0 spiro atoms. The van der Waals surface area contributed by atoms with E-state index >= 15 is 0 Å². The van der Waals surface area contributed by atoms with Gasteiger partial charge in [-0.1, -0.05) is 17.8 Å². The summed E-state index contributed by atoms with van der Waals surface area (Å²) in [4.78, 5) is 13.2. The molecule has 1 amide bonds. The van der Waals surface area contributed by atoms with Gasteiger partial charge in [0.15, 0.2) is 0 Å². The van der Waals surface area contributed by atoms with Crippen LogP contribution in [0.25, 0.3) is 0 Å². The van der Waals surface area contributed by atoms with Gasteiger partial charge in [0.05, 0.1) is 17.8 Å². The molecule has 1 fully saturated rings. The number of rotatable bonds is 6. The highest BCUT2D eigenvalue weighted by molar-refractivity contribution is 8.00. The van der Waals surface area contributed by atoms with Gasteiger partial charge in [0.25, 0.3) is 0 Å². The largest absolute Gasteiger partial charge is 0.350 e. The van der Waals surface area contributed by atoms with Crippen LogP contribution in [0, 0.1) is 0 Å². The van der Waals surface area contributed by atoms with Crippen molar-refractivity contribution in [2.45, 2.75) is 42.8 Å². The molecule has 20 heavy (non-hydrogen) atoms. The van der Waals surface area contributed by atoms with Gasteiger partial charge in [0, 0.05) is 4.88 Å². The number of carbonyl (C=O) groups is 1. The molecule has 1 unspecified atom stereocenters. The van der Waals surface area contributed by atoms with Gasteiger partial charge in [-0.15, -0.1) is 16.4 Å². The number of hydrogen-bond acceptors (Lipinski definition) is 6. The van der Waals surface area contributed by atoms with Gasteiger partial charge in [-0.05, 0) is 41.6 Å². The topological polar surface area (TPSA) is 72.7 Å². The van der Waals surface area contributed by atoms with Gasteiger partial charge in [-0.25, -0.2) is 4.68 Å². The van der Waals surface area contributed by atoms with Crippen molar-refractivity contribution in [3.8, 4) is 0 Å². The van der Waals surface area contributed by atoms with Crippen LogP contribution in [0.5, 0.6) is 0 Å². The molecule has 2 aromatic rings. The van der Waals surface area contributed by atoms with Crippen molar-refractivity contribution in [1.29, 1.82) is 0 Å². The molecule has 1 saturated carbocycles. The maximum Gasteiger partial charge on any atom is 0.233 e. The van der Waals surface area contributed by atoms with E-state index in [1.165, 1.54) is 11.8 Å². The van der Waals surface area contributed by atoms with E-state index in [4.69, 9.17) is 0 Å². The van der Waals surface area contributed by atoms with Gasteiger partial charge < -0.3 is 5.32 Å². The maximum absolute atomic E-state index is 12.1. The highest BCUT2D eigenvalue weighted by atomic mass is 32.2. The summed E-state index contributed by atoms with van der Waals surface area (Å²) in [6, 6.07) is 4.42. The lowest BCUT2D eigenvalue weighted by Gasteiger charge is -2.10. The molecule has 3 rings (SSSR count). The molecule has 1 atom stereocenters. The fourth-order valence-electron chi connectivity index (χ4n) is 1.75. The molecule has 8 heteroatoms. The number of thioether (sulfide) groups is 1. The van der Waals surface area contributed by atoms with Crippen molar-refractivity contribution in [3.63, 3.8) is 0 Å². The third kappa shape index (κ3) is 3.18. The number of amides is 1. The number of nitrogens with one attached hydrogen (secondary N) is 1. The summed E-state index contributed by atoms with van der Waals surface area (Å²) in [6.45, 7) is 2.45. The summed E-state index contributed by atoms with van der Waals surface area (Å²) in [5, 5.41) is 17.1. The van der Waals surface area contributed by atoms with Crippen LogP contribution in [-0.4, -0.2) is 31.4 Å². The molecule has 0 saturated heterocycles. The number of thiophene rings is 1. The lowest BCUT2D eigenvalue weighted by molar-refractivity contribution is -0.120. The SMILES string of the molecule is CC(Sc1nnnn1C1CC1)C(=O)NCc1cccs1. The molecule has 6 nitrogen and oxygen atoms in total. The number of nitrogens with zero attached hydrogens (tertiary/aromatic N) is 4. The Balaban J connectivity index is 1.54. The van der Waals surface area contributed by atoms with E-state index in [9.17, 15) is 4.79 Å². The molecule has 0 bridgehead atoms. The molecule has 0 radical (unpaired) electrons. The first kappa shape index (κ1) is 13.6. The Morgan fingerprint density at radius 3 is 3.20 bits per heavy atom. The predicted octanol–water partition coefficient (Wildman–Crippen LogP) is 1.87. The number of tetrazole rings is 1. The van der Waals surface area contributed by atoms with Crippen LogP contribution >= 0.6 is 23.1 Å². The van der Waals surface area contributed by atoms with Crippen LogP contribution in [0.3, 0.4) is 0 Å². The molecular weight excluding hydrogens is 294 g/mol. The zero-order chi connectivity index (χ0) is 13.9. The molecular formula is C12H15N5OS2. The molecule has 106 valence electrons. The minimum absolute atomic E-state index is 0.00810. The Kier molecular flexibility index (Phi) is 4.02. The lowest BCUT2D eigenvalue weighted by atomic mass is 10.4. The smallest absolute Gasteiger partial charge is 0.233 e. The Hall–Kier alpha value is -1.41. The minimum Gasteiger partial charge on any atom is -0.350 e. The van der Waals surface area contributed by atoms with Crippen LogP contribution in [0.1, 0.15) is 30.7 Å². The second-order valence-corrected chi connectivity index (χ2v) is 7.03. The normalized spacial score (nSPS) is 16.1. The second-order valence-electron chi connectivity index (χ2n) is 4.69. The third-order valence-electron chi connectivity index (χ3n) is 3.02. The van der Waals surface area contributed by atoms with Crippen LogP contribution in [0.4, 0.5) is 0 Å². The van der Waals surface area contributed by atoms with E-state index in [-0.39, 0.29) is 11.2 Å². The number of carbonyl (C=O) groups excluding carboxylic acids is 1. The standard InChI is InChI=1S/C12H15N5OS2/c1-8(11(18)13-7-10-3-2-6-19-10)20-12-14-15-16-17(12)9-4-5-9/h2-3,6,8-9H,4-5,7H2,1H3,(H,13,18). The Labute approximate surface area is 124 Å². The maximum atomic E-state index is 12.1. The van der Waals surface area contributed by atoms with Gasteiger partial charge in [-0.2, -0.15) is 0 Å².